The van der Waals surface area contributed by atoms with E-state index in [1.165, 1.54) is 39.9 Å². The van der Waals surface area contributed by atoms with E-state index in [0.717, 1.165) is 16.0 Å². The van der Waals surface area contributed by atoms with Gasteiger partial charge >= 0.3 is 0 Å². The molecule has 1 atom stereocenters. The summed E-state index contributed by atoms with van der Waals surface area (Å²) in [6, 6.07) is 6.45. The van der Waals surface area contributed by atoms with Crippen LogP contribution < -0.4 is 4.80 Å². The molecule has 1 saturated heterocycles. The Hall–Kier alpha value is -2.38. The first-order valence-corrected chi connectivity index (χ1v) is 13.4. The van der Waals surface area contributed by atoms with Gasteiger partial charge in [-0.3, -0.25) is 14.9 Å². The lowest BCUT2D eigenvalue weighted by atomic mass is 10.0. The SMILES string of the molecule is C=CCn1c(=NC(=O)C2CCCCN2S(=O)(=O)c2ccc(Cl)s2)sc2ccc([N+](=O)[O-])cc21. The van der Waals surface area contributed by atoms with E-state index in [9.17, 15) is 23.3 Å². The summed E-state index contributed by atoms with van der Waals surface area (Å²) in [6.07, 6.45) is 3.31. The number of fused-ring (bicyclic) bond motifs is 1. The van der Waals surface area contributed by atoms with Gasteiger partial charge in [-0.25, -0.2) is 8.42 Å². The van der Waals surface area contributed by atoms with E-state index in [4.69, 9.17) is 11.6 Å². The molecule has 0 aliphatic carbocycles. The molecule has 1 amide bonds. The molecule has 2 aromatic heterocycles. The lowest BCUT2D eigenvalue weighted by molar-refractivity contribution is -0.384. The van der Waals surface area contributed by atoms with Gasteiger partial charge < -0.3 is 4.57 Å². The Morgan fingerprint density at radius 2 is 2.09 bits per heavy atom. The molecular formula is C20H19ClN4O5S3. The number of sulfonamides is 1. The molecule has 1 aliphatic rings. The molecule has 1 aliphatic heterocycles. The first-order valence-electron chi connectivity index (χ1n) is 9.97. The van der Waals surface area contributed by atoms with Crippen molar-refractivity contribution in [3.05, 3.63) is 62.2 Å². The number of nitro benzene ring substituents is 1. The molecule has 0 N–H and O–H groups in total. The number of piperidine rings is 1. The molecule has 13 heteroatoms. The van der Waals surface area contributed by atoms with Gasteiger partial charge in [-0.15, -0.1) is 17.9 Å². The number of allylic oxidation sites excluding steroid dienone is 1. The van der Waals surface area contributed by atoms with Gasteiger partial charge in [-0.2, -0.15) is 9.30 Å². The Bertz CT molecular complexity index is 1420. The molecule has 0 bridgehead atoms. The summed E-state index contributed by atoms with van der Waals surface area (Å²) < 4.78 is 30.4. The number of nitro groups is 1. The molecule has 3 heterocycles. The third kappa shape index (κ3) is 4.66. The molecule has 1 aromatic carbocycles. The lowest BCUT2D eigenvalue weighted by Crippen LogP contribution is -2.47. The highest BCUT2D eigenvalue weighted by molar-refractivity contribution is 7.91. The summed E-state index contributed by atoms with van der Waals surface area (Å²) in [5.74, 6) is -0.570. The molecule has 174 valence electrons. The molecule has 0 spiro atoms. The number of amides is 1. The number of carbonyl (C=O) groups is 1. The van der Waals surface area contributed by atoms with Crippen LogP contribution in [-0.2, 0) is 21.4 Å². The molecule has 33 heavy (non-hydrogen) atoms. The normalized spacial score (nSPS) is 18.0. The van der Waals surface area contributed by atoms with Crippen LogP contribution in [0.3, 0.4) is 0 Å². The first kappa shape index (κ1) is 23.8. The van der Waals surface area contributed by atoms with Gasteiger partial charge in [0, 0.05) is 25.2 Å². The number of halogens is 1. The number of carbonyl (C=O) groups excluding carboxylic acids is 1. The zero-order valence-electron chi connectivity index (χ0n) is 17.2. The van der Waals surface area contributed by atoms with Crippen molar-refractivity contribution in [3.8, 4) is 0 Å². The summed E-state index contributed by atoms with van der Waals surface area (Å²) in [6.45, 7) is 4.22. The number of rotatable bonds is 6. The predicted octanol–water partition coefficient (Wildman–Crippen LogP) is 4.18. The second kappa shape index (κ2) is 9.47. The zero-order chi connectivity index (χ0) is 23.8. The second-order valence-electron chi connectivity index (χ2n) is 7.33. The van der Waals surface area contributed by atoms with Gasteiger partial charge in [0.15, 0.2) is 4.80 Å². The fraction of sp³-hybridized carbons (Fsp3) is 0.300. The summed E-state index contributed by atoms with van der Waals surface area (Å²) in [7, 11) is -3.90. The summed E-state index contributed by atoms with van der Waals surface area (Å²) in [5.41, 5.74) is 0.483. The van der Waals surface area contributed by atoms with Crippen molar-refractivity contribution >= 4 is 66.1 Å². The smallest absolute Gasteiger partial charge is 0.271 e. The number of thiophene rings is 1. The summed E-state index contributed by atoms with van der Waals surface area (Å²) >= 11 is 8.08. The van der Waals surface area contributed by atoms with E-state index in [0.29, 0.717) is 33.9 Å². The van der Waals surface area contributed by atoms with Crippen LogP contribution in [-0.4, -0.2) is 40.7 Å². The maximum Gasteiger partial charge on any atom is 0.271 e. The highest BCUT2D eigenvalue weighted by atomic mass is 35.5. The molecule has 4 rings (SSSR count). The number of non-ortho nitro benzene ring substituents is 1. The van der Waals surface area contributed by atoms with Crippen molar-refractivity contribution in [1.29, 1.82) is 0 Å². The van der Waals surface area contributed by atoms with E-state index < -0.39 is 26.9 Å². The Kier molecular flexibility index (Phi) is 6.82. The minimum absolute atomic E-state index is 0.0739. The Morgan fingerprint density at radius 3 is 2.76 bits per heavy atom. The zero-order valence-corrected chi connectivity index (χ0v) is 20.4. The van der Waals surface area contributed by atoms with Crippen molar-refractivity contribution in [2.75, 3.05) is 6.54 Å². The van der Waals surface area contributed by atoms with Gasteiger partial charge in [0.2, 0.25) is 0 Å². The van der Waals surface area contributed by atoms with Crippen LogP contribution >= 0.6 is 34.3 Å². The van der Waals surface area contributed by atoms with E-state index in [1.54, 1.807) is 16.7 Å². The van der Waals surface area contributed by atoms with Crippen LogP contribution in [0.2, 0.25) is 4.34 Å². The summed E-state index contributed by atoms with van der Waals surface area (Å²) in [4.78, 5) is 28.5. The third-order valence-electron chi connectivity index (χ3n) is 5.24. The van der Waals surface area contributed by atoms with Crippen molar-refractivity contribution in [2.45, 2.75) is 36.1 Å². The highest BCUT2D eigenvalue weighted by Crippen LogP contribution is 2.32. The van der Waals surface area contributed by atoms with Crippen molar-refractivity contribution in [2.24, 2.45) is 4.99 Å². The number of thiazole rings is 1. The molecule has 0 saturated carbocycles. The van der Waals surface area contributed by atoms with Gasteiger partial charge in [-0.05, 0) is 31.0 Å². The molecule has 1 fully saturated rings. The minimum Gasteiger partial charge on any atom is -0.312 e. The number of benzene rings is 1. The van der Waals surface area contributed by atoms with E-state index in [1.807, 2.05) is 0 Å². The highest BCUT2D eigenvalue weighted by Gasteiger charge is 2.38. The molecular weight excluding hydrogens is 508 g/mol. The van der Waals surface area contributed by atoms with Crippen LogP contribution in [0.5, 0.6) is 0 Å². The molecule has 3 aromatic rings. The Balaban J connectivity index is 1.76. The Labute approximate surface area is 202 Å². The molecule has 9 nitrogen and oxygen atoms in total. The minimum atomic E-state index is -3.90. The fourth-order valence-electron chi connectivity index (χ4n) is 3.72. The fourth-order valence-corrected chi connectivity index (χ4v) is 8.01. The van der Waals surface area contributed by atoms with Gasteiger partial charge in [-0.1, -0.05) is 35.4 Å². The van der Waals surface area contributed by atoms with Crippen molar-refractivity contribution in [3.63, 3.8) is 0 Å². The monoisotopic (exact) mass is 526 g/mol. The van der Waals surface area contributed by atoms with Crippen LogP contribution in [0.15, 0.2) is 52.2 Å². The van der Waals surface area contributed by atoms with Crippen molar-refractivity contribution < 1.29 is 18.1 Å². The first-order chi connectivity index (χ1) is 15.7. The largest absolute Gasteiger partial charge is 0.312 e. The number of aromatic nitrogens is 1. The van der Waals surface area contributed by atoms with Gasteiger partial charge in [0.05, 0.1) is 19.5 Å². The van der Waals surface area contributed by atoms with E-state index in [-0.39, 0.29) is 23.0 Å². The van der Waals surface area contributed by atoms with Crippen LogP contribution in [0, 0.1) is 10.1 Å². The van der Waals surface area contributed by atoms with Crippen LogP contribution in [0.25, 0.3) is 10.2 Å². The second-order valence-corrected chi connectivity index (χ2v) is 12.2. The number of hydrogen-bond donors (Lipinski definition) is 0. The van der Waals surface area contributed by atoms with E-state index in [2.05, 4.69) is 11.6 Å². The van der Waals surface area contributed by atoms with Crippen LogP contribution in [0.1, 0.15) is 19.3 Å². The maximum absolute atomic E-state index is 13.2. The standard InChI is InChI=1S/C20H19ClN4O5S3/c1-2-10-23-15-12-13(25(27)28)6-7-16(15)31-20(23)22-19(26)14-5-3-4-11-24(14)33(29,30)18-9-8-17(21)32-18/h2,6-9,12,14H,1,3-5,10-11H2. The topological polar surface area (TPSA) is 115 Å². The predicted molar refractivity (Wildman–Crippen MR) is 128 cm³/mol. The van der Waals surface area contributed by atoms with Gasteiger partial charge in [0.1, 0.15) is 10.3 Å². The average Bonchev–Trinajstić information content (AvgIpc) is 3.37. The third-order valence-corrected chi connectivity index (χ3v) is 9.91. The maximum atomic E-state index is 13.2. The van der Waals surface area contributed by atoms with Gasteiger partial charge in [0.25, 0.3) is 21.6 Å². The number of hydrogen-bond acceptors (Lipinski definition) is 7. The summed E-state index contributed by atoms with van der Waals surface area (Å²) in [5, 5.41) is 11.2. The average molecular weight is 527 g/mol. The van der Waals surface area contributed by atoms with E-state index >= 15 is 0 Å². The lowest BCUT2D eigenvalue weighted by Gasteiger charge is -2.31. The molecule has 1 unspecified atom stereocenters. The quantitative estimate of drug-likeness (QED) is 0.271. The number of nitrogens with zero attached hydrogens (tertiary/aromatic N) is 4. The molecule has 0 radical (unpaired) electrons. The van der Waals surface area contributed by atoms with Crippen molar-refractivity contribution in [1.82, 2.24) is 8.87 Å². The van der Waals surface area contributed by atoms with Crippen LogP contribution in [0.4, 0.5) is 5.69 Å². The Morgan fingerprint density at radius 1 is 1.30 bits per heavy atom.